The van der Waals surface area contributed by atoms with E-state index in [1.165, 1.54) is 37.1 Å². The Labute approximate surface area is 152 Å². The predicted octanol–water partition coefficient (Wildman–Crippen LogP) is 2.98. The fraction of sp³-hybridized carbons (Fsp3) is 0.667. The molecule has 4 nitrogen and oxygen atoms in total. The molecule has 1 atom stereocenters. The normalized spacial score (nSPS) is 21.4. The molecule has 1 aromatic rings. The van der Waals surface area contributed by atoms with Gasteiger partial charge in [-0.2, -0.15) is 0 Å². The summed E-state index contributed by atoms with van der Waals surface area (Å²) in [4.78, 5) is 17.9. The van der Waals surface area contributed by atoms with Gasteiger partial charge in [0.05, 0.1) is 0 Å². The second kappa shape index (κ2) is 8.81. The molecule has 1 N–H and O–H groups in total. The Hall–Kier alpha value is -1.39. The van der Waals surface area contributed by atoms with Crippen LogP contribution in [0.2, 0.25) is 0 Å². The van der Waals surface area contributed by atoms with Crippen molar-refractivity contribution in [3.8, 4) is 0 Å². The molecule has 2 aliphatic heterocycles. The molecule has 0 radical (unpaired) electrons. The van der Waals surface area contributed by atoms with Gasteiger partial charge in [-0.3, -0.25) is 4.79 Å². The zero-order chi connectivity index (χ0) is 17.6. The van der Waals surface area contributed by atoms with E-state index in [1.807, 2.05) is 12.1 Å². The van der Waals surface area contributed by atoms with Crippen LogP contribution < -0.4 is 5.32 Å². The first kappa shape index (κ1) is 18.4. The lowest BCUT2D eigenvalue weighted by Crippen LogP contribution is -2.49. The second-order valence-corrected chi connectivity index (χ2v) is 7.78. The summed E-state index contributed by atoms with van der Waals surface area (Å²) >= 11 is 0. The monoisotopic (exact) mass is 343 g/mol. The molecule has 0 spiro atoms. The van der Waals surface area contributed by atoms with E-state index in [0.29, 0.717) is 6.04 Å². The Kier molecular flexibility index (Phi) is 6.49. The van der Waals surface area contributed by atoms with Crippen LogP contribution in [-0.2, 0) is 0 Å². The van der Waals surface area contributed by atoms with E-state index in [2.05, 4.69) is 35.0 Å². The molecule has 138 valence electrons. The van der Waals surface area contributed by atoms with Crippen molar-refractivity contribution in [1.29, 1.82) is 0 Å². The van der Waals surface area contributed by atoms with Crippen molar-refractivity contribution >= 4 is 5.91 Å². The van der Waals surface area contributed by atoms with Gasteiger partial charge in [0.15, 0.2) is 0 Å². The Bertz CT molecular complexity index is 554. The molecule has 1 amide bonds. The summed E-state index contributed by atoms with van der Waals surface area (Å²) in [6.07, 6.45) is 6.02. The number of nitrogens with zero attached hydrogens (tertiary/aromatic N) is 2. The molecule has 1 unspecified atom stereocenters. The zero-order valence-corrected chi connectivity index (χ0v) is 15.9. The van der Waals surface area contributed by atoms with Crippen LogP contribution in [0.15, 0.2) is 18.2 Å². The molecule has 2 heterocycles. The summed E-state index contributed by atoms with van der Waals surface area (Å²) in [5, 5.41) is 3.47. The van der Waals surface area contributed by atoms with Gasteiger partial charge < -0.3 is 15.1 Å². The van der Waals surface area contributed by atoms with Crippen LogP contribution in [0.3, 0.4) is 0 Å². The molecule has 2 aliphatic rings. The molecule has 3 rings (SSSR count). The number of benzene rings is 1. The number of aryl methyl sites for hydroxylation is 2. The summed E-state index contributed by atoms with van der Waals surface area (Å²) < 4.78 is 0. The maximum absolute atomic E-state index is 13.3. The number of likely N-dealkylation sites (tertiary alicyclic amines) is 1. The Morgan fingerprint density at radius 1 is 1.16 bits per heavy atom. The van der Waals surface area contributed by atoms with Crippen LogP contribution in [-0.4, -0.2) is 61.0 Å². The highest BCUT2D eigenvalue weighted by molar-refractivity contribution is 5.94. The highest BCUT2D eigenvalue weighted by Crippen LogP contribution is 2.18. The first-order valence-corrected chi connectivity index (χ1v) is 9.96. The van der Waals surface area contributed by atoms with E-state index in [9.17, 15) is 4.79 Å². The van der Waals surface area contributed by atoms with Gasteiger partial charge in [-0.05, 0) is 84.3 Å². The molecule has 2 fully saturated rings. The number of piperidine rings is 1. The third-order valence-electron chi connectivity index (χ3n) is 5.51. The number of hydrogen-bond acceptors (Lipinski definition) is 3. The van der Waals surface area contributed by atoms with Crippen molar-refractivity contribution < 1.29 is 4.79 Å². The van der Waals surface area contributed by atoms with Crippen LogP contribution in [0.5, 0.6) is 0 Å². The minimum Gasteiger partial charge on any atom is -0.334 e. The summed E-state index contributed by atoms with van der Waals surface area (Å²) in [5.74, 6) is 0.210. The Morgan fingerprint density at radius 2 is 1.88 bits per heavy atom. The topological polar surface area (TPSA) is 35.6 Å². The molecule has 0 saturated carbocycles. The fourth-order valence-electron chi connectivity index (χ4n) is 4.28. The van der Waals surface area contributed by atoms with Gasteiger partial charge >= 0.3 is 0 Å². The lowest BCUT2D eigenvalue weighted by atomic mass is 10.0. The summed E-state index contributed by atoms with van der Waals surface area (Å²) in [6, 6.07) is 6.55. The van der Waals surface area contributed by atoms with Gasteiger partial charge in [-0.1, -0.05) is 17.2 Å². The van der Waals surface area contributed by atoms with Gasteiger partial charge in [-0.15, -0.1) is 0 Å². The van der Waals surface area contributed by atoms with Crippen molar-refractivity contribution in [2.45, 2.75) is 52.0 Å². The van der Waals surface area contributed by atoms with Crippen molar-refractivity contribution in [2.75, 3.05) is 39.3 Å². The van der Waals surface area contributed by atoms with Gasteiger partial charge in [0, 0.05) is 24.7 Å². The lowest BCUT2D eigenvalue weighted by molar-refractivity contribution is 0.0639. The van der Waals surface area contributed by atoms with Crippen LogP contribution in [0, 0.1) is 13.8 Å². The number of nitrogens with one attached hydrogen (secondary N) is 1. The minimum absolute atomic E-state index is 0.210. The van der Waals surface area contributed by atoms with Gasteiger partial charge in [0.2, 0.25) is 0 Å². The first-order chi connectivity index (χ1) is 12.1. The van der Waals surface area contributed by atoms with E-state index in [1.54, 1.807) is 0 Å². The number of carbonyl (C=O) groups excluding carboxylic acids is 1. The minimum atomic E-state index is 0.210. The summed E-state index contributed by atoms with van der Waals surface area (Å²) in [7, 11) is 0. The van der Waals surface area contributed by atoms with E-state index in [-0.39, 0.29) is 5.91 Å². The predicted molar refractivity (Wildman–Crippen MR) is 103 cm³/mol. The number of amides is 1. The van der Waals surface area contributed by atoms with Gasteiger partial charge in [0.25, 0.3) is 5.91 Å². The van der Waals surface area contributed by atoms with Crippen molar-refractivity contribution in [1.82, 2.24) is 15.1 Å². The molecule has 0 aromatic heterocycles. The summed E-state index contributed by atoms with van der Waals surface area (Å²) in [6.45, 7) is 10.6. The van der Waals surface area contributed by atoms with Gasteiger partial charge in [0.1, 0.15) is 0 Å². The van der Waals surface area contributed by atoms with Crippen molar-refractivity contribution in [2.24, 2.45) is 0 Å². The highest BCUT2D eigenvalue weighted by atomic mass is 16.2. The quantitative estimate of drug-likeness (QED) is 0.862. The largest absolute Gasteiger partial charge is 0.334 e. The molecular weight excluding hydrogens is 310 g/mol. The van der Waals surface area contributed by atoms with E-state index in [0.717, 1.165) is 51.0 Å². The standard InChI is InChI=1S/C21H33N3O/c1-17-13-18(2)15-19(14-17)21(25)24(20-7-5-8-22-16-20)12-6-11-23-9-3-4-10-23/h13-15,20,22H,3-12,16H2,1-2H3. The second-order valence-electron chi connectivity index (χ2n) is 7.78. The Morgan fingerprint density at radius 3 is 2.52 bits per heavy atom. The Balaban J connectivity index is 1.68. The third kappa shape index (κ3) is 5.05. The average molecular weight is 344 g/mol. The number of carbonyl (C=O) groups is 1. The lowest BCUT2D eigenvalue weighted by Gasteiger charge is -2.35. The first-order valence-electron chi connectivity index (χ1n) is 9.96. The molecular formula is C21H33N3O. The van der Waals surface area contributed by atoms with Crippen LogP contribution in [0.25, 0.3) is 0 Å². The molecule has 25 heavy (non-hydrogen) atoms. The van der Waals surface area contributed by atoms with E-state index in [4.69, 9.17) is 0 Å². The molecule has 0 bridgehead atoms. The number of rotatable bonds is 6. The van der Waals surface area contributed by atoms with Crippen LogP contribution >= 0.6 is 0 Å². The molecule has 2 saturated heterocycles. The maximum atomic E-state index is 13.3. The van der Waals surface area contributed by atoms with Crippen LogP contribution in [0.4, 0.5) is 0 Å². The maximum Gasteiger partial charge on any atom is 0.254 e. The average Bonchev–Trinajstić information content (AvgIpc) is 3.11. The van der Waals surface area contributed by atoms with Crippen molar-refractivity contribution in [3.05, 3.63) is 34.9 Å². The fourth-order valence-corrected chi connectivity index (χ4v) is 4.28. The zero-order valence-electron chi connectivity index (χ0n) is 15.9. The smallest absolute Gasteiger partial charge is 0.254 e. The molecule has 4 heteroatoms. The SMILES string of the molecule is Cc1cc(C)cc(C(=O)N(CCCN2CCCC2)C2CCCNC2)c1. The number of hydrogen-bond donors (Lipinski definition) is 1. The van der Waals surface area contributed by atoms with E-state index < -0.39 is 0 Å². The molecule has 0 aliphatic carbocycles. The highest BCUT2D eigenvalue weighted by Gasteiger charge is 2.26. The van der Waals surface area contributed by atoms with Gasteiger partial charge in [-0.25, -0.2) is 0 Å². The summed E-state index contributed by atoms with van der Waals surface area (Å²) in [5.41, 5.74) is 3.19. The van der Waals surface area contributed by atoms with E-state index >= 15 is 0 Å². The van der Waals surface area contributed by atoms with Crippen molar-refractivity contribution in [3.63, 3.8) is 0 Å². The van der Waals surface area contributed by atoms with Crippen LogP contribution in [0.1, 0.15) is 53.6 Å². The third-order valence-corrected chi connectivity index (χ3v) is 5.51. The molecule has 1 aromatic carbocycles.